The molecule has 1 aliphatic carbocycles. The van der Waals surface area contributed by atoms with Crippen LogP contribution in [0.3, 0.4) is 0 Å². The molecule has 12 heavy (non-hydrogen) atoms. The van der Waals surface area contributed by atoms with E-state index in [0.717, 1.165) is 5.92 Å². The van der Waals surface area contributed by atoms with Gasteiger partial charge in [-0.2, -0.15) is 0 Å². The summed E-state index contributed by atoms with van der Waals surface area (Å²) < 4.78 is 0. The van der Waals surface area contributed by atoms with E-state index in [1.807, 2.05) is 0 Å². The third-order valence-electron chi connectivity index (χ3n) is 3.90. The summed E-state index contributed by atoms with van der Waals surface area (Å²) in [4.78, 5) is 0. The second-order valence-corrected chi connectivity index (χ2v) is 5.78. The van der Waals surface area contributed by atoms with Gasteiger partial charge in [0, 0.05) is 5.54 Å². The molecule has 1 saturated heterocycles. The molecule has 1 unspecified atom stereocenters. The van der Waals surface area contributed by atoms with Crippen molar-refractivity contribution in [3.63, 3.8) is 0 Å². The Kier molecular flexibility index (Phi) is 1.76. The van der Waals surface area contributed by atoms with Gasteiger partial charge in [-0.15, -0.1) is 0 Å². The highest BCUT2D eigenvalue weighted by Gasteiger charge is 2.45. The molecule has 70 valence electrons. The van der Waals surface area contributed by atoms with E-state index in [-0.39, 0.29) is 0 Å². The summed E-state index contributed by atoms with van der Waals surface area (Å²) in [5.74, 6) is 0.901. The average molecular weight is 167 g/mol. The van der Waals surface area contributed by atoms with Crippen LogP contribution in [0.25, 0.3) is 0 Å². The molecule has 1 heterocycles. The van der Waals surface area contributed by atoms with Crippen molar-refractivity contribution in [3.05, 3.63) is 0 Å². The van der Waals surface area contributed by atoms with Crippen LogP contribution in [-0.4, -0.2) is 12.1 Å². The second-order valence-electron chi connectivity index (χ2n) is 5.78. The van der Waals surface area contributed by atoms with Crippen molar-refractivity contribution in [2.45, 2.75) is 52.0 Å². The van der Waals surface area contributed by atoms with Gasteiger partial charge < -0.3 is 5.32 Å². The largest absolute Gasteiger partial charge is 0.311 e. The summed E-state index contributed by atoms with van der Waals surface area (Å²) in [6, 6.07) is 0. The standard InChI is InChI=1S/C11H21N/c1-10(2,3)9-7-11(12-8-9)5-4-6-11/h9,12H,4-8H2,1-3H3. The normalized spacial score (nSPS) is 33.8. The summed E-state index contributed by atoms with van der Waals surface area (Å²) in [6.07, 6.45) is 5.74. The lowest BCUT2D eigenvalue weighted by Gasteiger charge is -2.39. The van der Waals surface area contributed by atoms with Crippen LogP contribution >= 0.6 is 0 Å². The summed E-state index contributed by atoms with van der Waals surface area (Å²) in [5.41, 5.74) is 1.10. The third kappa shape index (κ3) is 1.28. The molecule has 2 aliphatic rings. The fourth-order valence-corrected chi connectivity index (χ4v) is 2.55. The van der Waals surface area contributed by atoms with E-state index in [0.29, 0.717) is 11.0 Å². The Hall–Kier alpha value is -0.0400. The lowest BCUT2D eigenvalue weighted by molar-refractivity contribution is 0.184. The Morgan fingerprint density at radius 3 is 2.17 bits per heavy atom. The van der Waals surface area contributed by atoms with Gasteiger partial charge in [0.1, 0.15) is 0 Å². The first-order chi connectivity index (χ1) is 5.52. The molecule has 1 spiro atoms. The van der Waals surface area contributed by atoms with Crippen LogP contribution in [0.4, 0.5) is 0 Å². The van der Waals surface area contributed by atoms with Gasteiger partial charge in [-0.05, 0) is 43.6 Å². The average Bonchev–Trinajstić information content (AvgIpc) is 2.26. The Labute approximate surface area is 75.9 Å². The Bertz CT molecular complexity index is 174. The van der Waals surface area contributed by atoms with Crippen LogP contribution in [0.2, 0.25) is 0 Å². The van der Waals surface area contributed by atoms with Crippen LogP contribution in [0.15, 0.2) is 0 Å². The number of hydrogen-bond acceptors (Lipinski definition) is 1. The van der Waals surface area contributed by atoms with Gasteiger partial charge in [-0.3, -0.25) is 0 Å². The molecule has 0 aromatic rings. The van der Waals surface area contributed by atoms with Gasteiger partial charge in [0.2, 0.25) is 0 Å². The van der Waals surface area contributed by atoms with Crippen molar-refractivity contribution in [2.75, 3.05) is 6.54 Å². The van der Waals surface area contributed by atoms with Crippen LogP contribution in [0.1, 0.15) is 46.5 Å². The lowest BCUT2D eigenvalue weighted by Crippen LogP contribution is -2.45. The fraction of sp³-hybridized carbons (Fsp3) is 1.00. The zero-order valence-electron chi connectivity index (χ0n) is 8.61. The monoisotopic (exact) mass is 167 g/mol. The van der Waals surface area contributed by atoms with E-state index >= 15 is 0 Å². The van der Waals surface area contributed by atoms with Crippen LogP contribution < -0.4 is 5.32 Å². The van der Waals surface area contributed by atoms with Gasteiger partial charge in [-0.25, -0.2) is 0 Å². The molecule has 0 radical (unpaired) electrons. The molecule has 1 atom stereocenters. The van der Waals surface area contributed by atoms with Crippen molar-refractivity contribution in [3.8, 4) is 0 Å². The van der Waals surface area contributed by atoms with Gasteiger partial charge in [0.15, 0.2) is 0 Å². The first kappa shape index (κ1) is 8.55. The molecular weight excluding hydrogens is 146 g/mol. The highest BCUT2D eigenvalue weighted by molar-refractivity contribution is 5.04. The Balaban J connectivity index is 1.98. The summed E-state index contributed by atoms with van der Waals surface area (Å²) in [5, 5.41) is 3.73. The second kappa shape index (κ2) is 2.47. The summed E-state index contributed by atoms with van der Waals surface area (Å²) in [6.45, 7) is 8.37. The number of hydrogen-bond donors (Lipinski definition) is 1. The number of nitrogens with one attached hydrogen (secondary N) is 1. The van der Waals surface area contributed by atoms with E-state index < -0.39 is 0 Å². The SMILES string of the molecule is CC(C)(C)C1CNC2(CCC2)C1. The molecular formula is C11H21N. The minimum atomic E-state index is 0.506. The predicted molar refractivity (Wildman–Crippen MR) is 52.1 cm³/mol. The highest BCUT2D eigenvalue weighted by atomic mass is 15.0. The fourth-order valence-electron chi connectivity index (χ4n) is 2.55. The summed E-state index contributed by atoms with van der Waals surface area (Å²) >= 11 is 0. The van der Waals surface area contributed by atoms with Crippen molar-refractivity contribution >= 4 is 0 Å². The van der Waals surface area contributed by atoms with Crippen LogP contribution in [-0.2, 0) is 0 Å². The molecule has 0 aromatic carbocycles. The van der Waals surface area contributed by atoms with E-state index in [2.05, 4.69) is 26.1 Å². The molecule has 2 rings (SSSR count). The molecule has 1 saturated carbocycles. The zero-order valence-corrected chi connectivity index (χ0v) is 8.61. The van der Waals surface area contributed by atoms with Crippen molar-refractivity contribution < 1.29 is 0 Å². The minimum Gasteiger partial charge on any atom is -0.311 e. The first-order valence-electron chi connectivity index (χ1n) is 5.27. The maximum Gasteiger partial charge on any atom is 0.0185 e. The van der Waals surface area contributed by atoms with Gasteiger partial charge >= 0.3 is 0 Å². The molecule has 0 bridgehead atoms. The molecule has 2 fully saturated rings. The quantitative estimate of drug-likeness (QED) is 0.584. The topological polar surface area (TPSA) is 12.0 Å². The first-order valence-corrected chi connectivity index (χ1v) is 5.27. The summed E-state index contributed by atoms with van der Waals surface area (Å²) in [7, 11) is 0. The Morgan fingerprint density at radius 2 is 1.92 bits per heavy atom. The van der Waals surface area contributed by atoms with E-state index in [1.54, 1.807) is 0 Å². The smallest absolute Gasteiger partial charge is 0.0185 e. The molecule has 1 aliphatic heterocycles. The van der Waals surface area contributed by atoms with Crippen molar-refractivity contribution in [1.82, 2.24) is 5.32 Å². The van der Waals surface area contributed by atoms with Crippen molar-refractivity contribution in [2.24, 2.45) is 11.3 Å². The molecule has 1 N–H and O–H groups in total. The third-order valence-corrected chi connectivity index (χ3v) is 3.90. The van der Waals surface area contributed by atoms with Crippen molar-refractivity contribution in [1.29, 1.82) is 0 Å². The lowest BCUT2D eigenvalue weighted by atomic mass is 9.70. The van der Waals surface area contributed by atoms with E-state index in [9.17, 15) is 0 Å². The minimum absolute atomic E-state index is 0.506. The van der Waals surface area contributed by atoms with Gasteiger partial charge in [0.25, 0.3) is 0 Å². The maximum absolute atomic E-state index is 3.73. The van der Waals surface area contributed by atoms with Crippen LogP contribution in [0, 0.1) is 11.3 Å². The van der Waals surface area contributed by atoms with Gasteiger partial charge in [0.05, 0.1) is 0 Å². The molecule has 1 heteroatoms. The predicted octanol–water partition coefficient (Wildman–Crippen LogP) is 2.56. The number of rotatable bonds is 0. The van der Waals surface area contributed by atoms with Gasteiger partial charge in [-0.1, -0.05) is 20.8 Å². The molecule has 0 aromatic heterocycles. The van der Waals surface area contributed by atoms with Crippen LogP contribution in [0.5, 0.6) is 0 Å². The molecule has 1 nitrogen and oxygen atoms in total. The Morgan fingerprint density at radius 1 is 1.25 bits per heavy atom. The zero-order chi connectivity index (χ0) is 8.82. The molecule has 0 amide bonds. The van der Waals surface area contributed by atoms with E-state index in [4.69, 9.17) is 0 Å². The maximum atomic E-state index is 3.73. The van der Waals surface area contributed by atoms with E-state index in [1.165, 1.54) is 32.2 Å². The highest BCUT2D eigenvalue weighted by Crippen LogP contribution is 2.45.